The minimum atomic E-state index is -0.291. The van der Waals surface area contributed by atoms with Gasteiger partial charge in [0.15, 0.2) is 5.78 Å². The summed E-state index contributed by atoms with van der Waals surface area (Å²) in [5, 5.41) is 27.6. The van der Waals surface area contributed by atoms with Gasteiger partial charge in [-0.05, 0) is 173 Å². The van der Waals surface area contributed by atoms with Crippen molar-refractivity contribution in [2.24, 2.45) is 20.5 Å². The van der Waals surface area contributed by atoms with Gasteiger partial charge in [0, 0.05) is 17.2 Å². The third-order valence-corrected chi connectivity index (χ3v) is 9.46. The average Bonchev–Trinajstić information content (AvgIpc) is 3.31. The van der Waals surface area contributed by atoms with Gasteiger partial charge in [-0.3, -0.25) is 4.79 Å². The van der Waals surface area contributed by atoms with E-state index in [1.54, 1.807) is 48.5 Å². The van der Waals surface area contributed by atoms with Crippen LogP contribution in [0.25, 0.3) is 5.76 Å². The molecular weight excluding hydrogens is 765 g/mol. The van der Waals surface area contributed by atoms with Crippen molar-refractivity contribution in [3.8, 4) is 23.0 Å². The van der Waals surface area contributed by atoms with Crippen molar-refractivity contribution < 1.29 is 28.8 Å². The largest absolute Gasteiger partial charge is 0.507 e. The lowest BCUT2D eigenvalue weighted by molar-refractivity contribution is 0.104. The molecule has 0 heterocycles. The number of azo groups is 2. The molecule has 0 atom stereocenters. The van der Waals surface area contributed by atoms with E-state index in [9.17, 15) is 9.90 Å². The molecule has 0 unspecified atom stereocenters. The van der Waals surface area contributed by atoms with Gasteiger partial charge in [-0.2, -0.15) is 20.5 Å². The molecule has 0 saturated heterocycles. The monoisotopic (exact) mass is 816 g/mol. The number of nitrogens with zero attached hydrogens (tertiary/aromatic N) is 4. The van der Waals surface area contributed by atoms with E-state index < -0.39 is 0 Å². The summed E-state index contributed by atoms with van der Waals surface area (Å²) in [6, 6.07) is 48.6. The summed E-state index contributed by atoms with van der Waals surface area (Å²) in [7, 11) is 0. The van der Waals surface area contributed by atoms with Crippen molar-refractivity contribution in [2.75, 3.05) is 26.4 Å². The van der Waals surface area contributed by atoms with Crippen LogP contribution in [0.3, 0.4) is 0 Å². The summed E-state index contributed by atoms with van der Waals surface area (Å²) in [6.45, 7) is 2.48. The van der Waals surface area contributed by atoms with Gasteiger partial charge in [-0.25, -0.2) is 0 Å². The molecule has 6 aromatic rings. The quantitative estimate of drug-likeness (QED) is 0.0202. The molecule has 61 heavy (non-hydrogen) atoms. The van der Waals surface area contributed by atoms with Crippen LogP contribution in [0.15, 0.2) is 184 Å². The standard InChI is InChI=1S/C51H52N4O6/c56-50(40-19-27-46(28-20-40)58-35-11-1-3-13-37-60-48-31-23-44(24-32-48)54-52-42-15-7-5-8-16-42)39-51(57)41-21-29-47(30-22-41)59-36-12-2-4-14-38-61-49-33-25-45(26-34-49)55-53-43-17-9-6-10-18-43/h5-10,15-34,39,56H,1-4,11-14,35-38H2/b50-39-,54-52?,55-53?. The molecule has 6 aromatic carbocycles. The van der Waals surface area contributed by atoms with Crippen LogP contribution >= 0.6 is 0 Å². The van der Waals surface area contributed by atoms with Crippen LogP contribution in [0.1, 0.15) is 67.3 Å². The lowest BCUT2D eigenvalue weighted by atomic mass is 10.1. The Morgan fingerprint density at radius 1 is 0.377 bits per heavy atom. The minimum absolute atomic E-state index is 0.103. The van der Waals surface area contributed by atoms with Crippen LogP contribution in [0.2, 0.25) is 0 Å². The van der Waals surface area contributed by atoms with Gasteiger partial charge in [-0.15, -0.1) is 0 Å². The first-order chi connectivity index (χ1) is 30.1. The molecule has 1 N–H and O–H groups in total. The van der Waals surface area contributed by atoms with Crippen molar-refractivity contribution in [1.29, 1.82) is 0 Å². The Bertz CT molecular complexity index is 2260. The minimum Gasteiger partial charge on any atom is -0.507 e. The number of hydrogen-bond donors (Lipinski definition) is 1. The molecule has 0 aromatic heterocycles. The van der Waals surface area contributed by atoms with Crippen molar-refractivity contribution in [2.45, 2.75) is 51.4 Å². The highest BCUT2D eigenvalue weighted by Crippen LogP contribution is 2.24. The van der Waals surface area contributed by atoms with Gasteiger partial charge in [0.2, 0.25) is 0 Å². The van der Waals surface area contributed by atoms with E-state index in [2.05, 4.69) is 20.5 Å². The van der Waals surface area contributed by atoms with E-state index in [-0.39, 0.29) is 11.5 Å². The number of rotatable bonds is 25. The molecule has 6 rings (SSSR count). The molecule has 0 saturated carbocycles. The van der Waals surface area contributed by atoms with Crippen LogP contribution in [0.5, 0.6) is 23.0 Å². The number of aliphatic hydroxyl groups is 1. The number of ketones is 1. The molecule has 10 nitrogen and oxygen atoms in total. The fraction of sp³-hybridized carbons (Fsp3) is 0.235. The van der Waals surface area contributed by atoms with Gasteiger partial charge in [0.05, 0.1) is 49.2 Å². The Balaban J connectivity index is 0.780. The highest BCUT2D eigenvalue weighted by molar-refractivity contribution is 6.07. The number of unbranched alkanes of at least 4 members (excludes halogenated alkanes) is 6. The topological polar surface area (TPSA) is 124 Å². The van der Waals surface area contributed by atoms with Gasteiger partial charge in [0.25, 0.3) is 0 Å². The molecule has 0 aliphatic carbocycles. The maximum atomic E-state index is 12.9. The fourth-order valence-corrected chi connectivity index (χ4v) is 6.04. The van der Waals surface area contributed by atoms with Crippen LogP contribution < -0.4 is 18.9 Å². The van der Waals surface area contributed by atoms with E-state index in [0.717, 1.165) is 85.6 Å². The third kappa shape index (κ3) is 15.9. The molecule has 0 radical (unpaired) electrons. The zero-order chi connectivity index (χ0) is 42.2. The normalized spacial score (nSPS) is 11.5. The first-order valence-electron chi connectivity index (χ1n) is 20.9. The van der Waals surface area contributed by atoms with Crippen molar-refractivity contribution in [1.82, 2.24) is 0 Å². The maximum absolute atomic E-state index is 12.9. The van der Waals surface area contributed by atoms with E-state index in [1.807, 2.05) is 109 Å². The first-order valence-corrected chi connectivity index (χ1v) is 20.9. The number of hydrogen-bond acceptors (Lipinski definition) is 10. The number of ether oxygens (including phenoxy) is 4. The van der Waals surface area contributed by atoms with Gasteiger partial charge >= 0.3 is 0 Å². The zero-order valence-corrected chi connectivity index (χ0v) is 34.4. The number of carbonyl (C=O) groups excluding carboxylic acids is 1. The van der Waals surface area contributed by atoms with Gasteiger partial charge in [-0.1, -0.05) is 36.4 Å². The van der Waals surface area contributed by atoms with Crippen molar-refractivity contribution >= 4 is 34.3 Å². The summed E-state index contributed by atoms with van der Waals surface area (Å²) >= 11 is 0. The lowest BCUT2D eigenvalue weighted by Crippen LogP contribution is -2.01. The second-order valence-corrected chi connectivity index (χ2v) is 14.2. The molecule has 0 aliphatic rings. The molecular formula is C51H52N4O6. The maximum Gasteiger partial charge on any atom is 0.189 e. The Kier molecular flexibility index (Phi) is 17.7. The van der Waals surface area contributed by atoms with E-state index >= 15 is 0 Å². The summed E-state index contributed by atoms with van der Waals surface area (Å²) in [5.74, 6) is 2.65. The third-order valence-electron chi connectivity index (χ3n) is 9.46. The average molecular weight is 817 g/mol. The number of aliphatic hydroxyl groups excluding tert-OH is 1. The first kappa shape index (κ1) is 43.5. The summed E-state index contributed by atoms with van der Waals surface area (Å²) in [6.07, 6.45) is 9.10. The molecule has 0 spiro atoms. The van der Waals surface area contributed by atoms with Gasteiger partial charge < -0.3 is 24.1 Å². The van der Waals surface area contributed by atoms with Gasteiger partial charge in [0.1, 0.15) is 28.8 Å². The van der Waals surface area contributed by atoms with Crippen LogP contribution in [0, 0.1) is 0 Å². The Hall–Kier alpha value is -7.07. The number of allylic oxidation sites excluding steroid dienone is 1. The predicted molar refractivity (Wildman–Crippen MR) is 241 cm³/mol. The molecule has 0 bridgehead atoms. The summed E-state index contributed by atoms with van der Waals surface area (Å²) in [5.41, 5.74) is 4.19. The smallest absolute Gasteiger partial charge is 0.189 e. The van der Waals surface area contributed by atoms with E-state index in [0.29, 0.717) is 49.1 Å². The highest BCUT2D eigenvalue weighted by atomic mass is 16.5. The predicted octanol–water partition coefficient (Wildman–Crippen LogP) is 14.3. The van der Waals surface area contributed by atoms with Crippen LogP contribution in [0.4, 0.5) is 22.7 Å². The second kappa shape index (κ2) is 24.8. The molecule has 312 valence electrons. The van der Waals surface area contributed by atoms with Crippen LogP contribution in [-0.2, 0) is 0 Å². The summed E-state index contributed by atoms with van der Waals surface area (Å²) < 4.78 is 23.5. The molecule has 0 fully saturated rings. The second-order valence-electron chi connectivity index (χ2n) is 14.2. The van der Waals surface area contributed by atoms with E-state index in [1.165, 1.54) is 6.08 Å². The number of benzene rings is 6. The molecule has 0 amide bonds. The lowest BCUT2D eigenvalue weighted by Gasteiger charge is -2.08. The highest BCUT2D eigenvalue weighted by Gasteiger charge is 2.08. The SMILES string of the molecule is O=C(/C=C(\O)c1ccc(OCCCCCCOc2ccc(N=Nc3ccccc3)cc2)cc1)c1ccc(OCCCCCCOc2ccc(N=Nc3ccccc3)cc2)cc1. The Labute approximate surface area is 358 Å². The van der Waals surface area contributed by atoms with Crippen molar-refractivity contribution in [3.63, 3.8) is 0 Å². The fourth-order valence-electron chi connectivity index (χ4n) is 6.04. The number of carbonyl (C=O) groups is 1. The Morgan fingerprint density at radius 2 is 0.672 bits per heavy atom. The summed E-state index contributed by atoms with van der Waals surface area (Å²) in [4.78, 5) is 12.9. The van der Waals surface area contributed by atoms with Crippen molar-refractivity contribution in [3.05, 3.63) is 175 Å². The molecule has 0 aliphatic heterocycles. The zero-order valence-electron chi connectivity index (χ0n) is 34.4. The molecule has 10 heteroatoms. The Morgan fingerprint density at radius 3 is 1.02 bits per heavy atom. The van der Waals surface area contributed by atoms with E-state index in [4.69, 9.17) is 18.9 Å². The van der Waals surface area contributed by atoms with Crippen LogP contribution in [-0.4, -0.2) is 37.3 Å².